The number of nitrogens with one attached hydrogen (secondary N) is 1. The predicted molar refractivity (Wildman–Crippen MR) is 74.1 cm³/mol. The molecule has 2 aliphatic rings. The maximum atomic E-state index is 12.0. The summed E-state index contributed by atoms with van der Waals surface area (Å²) in [5.74, 6) is 1.48. The van der Waals surface area contributed by atoms with Crippen molar-refractivity contribution >= 4 is 5.91 Å². The van der Waals surface area contributed by atoms with Gasteiger partial charge in [0.15, 0.2) is 0 Å². The lowest BCUT2D eigenvalue weighted by Crippen LogP contribution is -2.40. The van der Waals surface area contributed by atoms with E-state index < -0.39 is 0 Å². The Balaban J connectivity index is 1.73. The Labute approximate surface area is 111 Å². The van der Waals surface area contributed by atoms with Gasteiger partial charge < -0.3 is 11.1 Å². The van der Waals surface area contributed by atoms with Crippen molar-refractivity contribution in [3.8, 4) is 0 Å². The molecule has 3 nitrogen and oxygen atoms in total. The van der Waals surface area contributed by atoms with Gasteiger partial charge in [-0.15, -0.1) is 0 Å². The van der Waals surface area contributed by atoms with E-state index in [4.69, 9.17) is 5.73 Å². The molecule has 2 unspecified atom stereocenters. The second-order valence-corrected chi connectivity index (χ2v) is 6.26. The number of amides is 1. The van der Waals surface area contributed by atoms with Crippen LogP contribution in [-0.4, -0.2) is 18.0 Å². The molecule has 0 aromatic heterocycles. The highest BCUT2D eigenvalue weighted by Gasteiger charge is 2.28. The third-order valence-electron chi connectivity index (χ3n) is 4.89. The van der Waals surface area contributed by atoms with E-state index in [1.807, 2.05) is 0 Å². The van der Waals surface area contributed by atoms with Crippen molar-refractivity contribution in [3.63, 3.8) is 0 Å². The average molecular weight is 252 g/mol. The van der Waals surface area contributed by atoms with E-state index in [9.17, 15) is 4.79 Å². The zero-order valence-corrected chi connectivity index (χ0v) is 11.7. The number of carbonyl (C=O) groups is 1. The summed E-state index contributed by atoms with van der Waals surface area (Å²) >= 11 is 0. The minimum absolute atomic E-state index is 0.235. The lowest BCUT2D eigenvalue weighted by Gasteiger charge is -2.29. The molecule has 0 saturated heterocycles. The maximum absolute atomic E-state index is 12.0. The molecule has 2 saturated carbocycles. The van der Waals surface area contributed by atoms with Crippen LogP contribution < -0.4 is 11.1 Å². The van der Waals surface area contributed by atoms with E-state index in [2.05, 4.69) is 12.2 Å². The molecule has 0 radical (unpaired) electrons. The Kier molecular flexibility index (Phi) is 5.04. The minimum Gasteiger partial charge on any atom is -0.353 e. The fraction of sp³-hybridized carbons (Fsp3) is 0.933. The van der Waals surface area contributed by atoms with E-state index in [0.29, 0.717) is 18.4 Å². The van der Waals surface area contributed by atoms with Gasteiger partial charge in [-0.1, -0.05) is 32.6 Å². The van der Waals surface area contributed by atoms with E-state index in [1.54, 1.807) is 0 Å². The summed E-state index contributed by atoms with van der Waals surface area (Å²) in [6, 6.07) is 0.680. The molecule has 0 bridgehead atoms. The van der Waals surface area contributed by atoms with Gasteiger partial charge in [-0.2, -0.15) is 0 Å². The van der Waals surface area contributed by atoms with Gasteiger partial charge in [-0.3, -0.25) is 4.79 Å². The summed E-state index contributed by atoms with van der Waals surface area (Å²) in [6.45, 7) is 2.26. The molecule has 0 aromatic carbocycles. The van der Waals surface area contributed by atoms with Crippen LogP contribution in [0.25, 0.3) is 0 Å². The zero-order chi connectivity index (χ0) is 13.0. The van der Waals surface area contributed by atoms with Crippen molar-refractivity contribution in [2.24, 2.45) is 17.6 Å². The van der Waals surface area contributed by atoms with Gasteiger partial charge in [0.2, 0.25) is 5.91 Å². The van der Waals surface area contributed by atoms with Gasteiger partial charge in [-0.25, -0.2) is 0 Å². The number of carbonyl (C=O) groups excluding carboxylic acids is 1. The van der Waals surface area contributed by atoms with Crippen molar-refractivity contribution < 1.29 is 4.79 Å². The van der Waals surface area contributed by atoms with E-state index in [-0.39, 0.29) is 11.9 Å². The first kappa shape index (κ1) is 13.9. The molecule has 0 aliphatic heterocycles. The molecular weight excluding hydrogens is 224 g/mol. The van der Waals surface area contributed by atoms with Gasteiger partial charge in [0.1, 0.15) is 0 Å². The molecular formula is C15H28N2O. The number of nitrogens with two attached hydrogens (primary N) is 1. The van der Waals surface area contributed by atoms with Crippen LogP contribution in [0.3, 0.4) is 0 Å². The standard InChI is InChI=1S/C15H28N2O/c1-2-11-5-3-7-13(9-11)17-15(18)10-12-6-4-8-14(12)16/h11-14H,2-10,16H2,1H3,(H,17,18)/t11?,12-,13?,14+/m0/s1. The first-order chi connectivity index (χ1) is 8.69. The van der Waals surface area contributed by atoms with Gasteiger partial charge in [0.05, 0.1) is 0 Å². The van der Waals surface area contributed by atoms with Crippen molar-refractivity contribution in [3.05, 3.63) is 0 Å². The summed E-state index contributed by atoms with van der Waals surface area (Å²) in [5.41, 5.74) is 6.02. The highest BCUT2D eigenvalue weighted by atomic mass is 16.1. The molecule has 3 N–H and O–H groups in total. The maximum Gasteiger partial charge on any atom is 0.220 e. The monoisotopic (exact) mass is 252 g/mol. The van der Waals surface area contributed by atoms with Crippen LogP contribution in [-0.2, 0) is 4.79 Å². The number of hydrogen-bond donors (Lipinski definition) is 2. The van der Waals surface area contributed by atoms with Crippen LogP contribution in [0.15, 0.2) is 0 Å². The molecule has 2 fully saturated rings. The van der Waals surface area contributed by atoms with E-state index in [0.717, 1.165) is 18.8 Å². The molecule has 2 rings (SSSR count). The fourth-order valence-corrected chi connectivity index (χ4v) is 3.64. The molecule has 1 amide bonds. The summed E-state index contributed by atoms with van der Waals surface area (Å²) in [5, 5.41) is 3.24. The van der Waals surface area contributed by atoms with Crippen molar-refractivity contribution in [1.82, 2.24) is 5.32 Å². The second-order valence-electron chi connectivity index (χ2n) is 6.26. The molecule has 0 aromatic rings. The SMILES string of the molecule is CCC1CCCC(NC(=O)C[C@@H]2CCC[C@H]2N)C1. The summed E-state index contributed by atoms with van der Waals surface area (Å²) in [7, 11) is 0. The summed E-state index contributed by atoms with van der Waals surface area (Å²) < 4.78 is 0. The Bertz CT molecular complexity index is 280. The molecule has 0 spiro atoms. The largest absolute Gasteiger partial charge is 0.353 e. The Morgan fingerprint density at radius 1 is 1.22 bits per heavy atom. The Hall–Kier alpha value is -0.570. The number of rotatable bonds is 4. The zero-order valence-electron chi connectivity index (χ0n) is 11.7. The highest BCUT2D eigenvalue weighted by molar-refractivity contribution is 5.76. The van der Waals surface area contributed by atoms with Gasteiger partial charge in [0, 0.05) is 18.5 Å². The van der Waals surface area contributed by atoms with Crippen molar-refractivity contribution in [2.75, 3.05) is 0 Å². The topological polar surface area (TPSA) is 55.1 Å². The van der Waals surface area contributed by atoms with Gasteiger partial charge in [-0.05, 0) is 37.5 Å². The van der Waals surface area contributed by atoms with Crippen LogP contribution in [0.5, 0.6) is 0 Å². The number of hydrogen-bond acceptors (Lipinski definition) is 2. The van der Waals surface area contributed by atoms with Crippen molar-refractivity contribution in [1.29, 1.82) is 0 Å². The van der Waals surface area contributed by atoms with Crippen LogP contribution in [0.4, 0.5) is 0 Å². The molecule has 3 heteroatoms. The third-order valence-corrected chi connectivity index (χ3v) is 4.89. The van der Waals surface area contributed by atoms with E-state index >= 15 is 0 Å². The van der Waals surface area contributed by atoms with Crippen LogP contribution >= 0.6 is 0 Å². The predicted octanol–water partition coefficient (Wildman–Crippen LogP) is 2.59. The van der Waals surface area contributed by atoms with Crippen LogP contribution in [0.2, 0.25) is 0 Å². The fourth-order valence-electron chi connectivity index (χ4n) is 3.64. The Morgan fingerprint density at radius 3 is 2.67 bits per heavy atom. The smallest absolute Gasteiger partial charge is 0.220 e. The second kappa shape index (κ2) is 6.55. The van der Waals surface area contributed by atoms with E-state index in [1.165, 1.54) is 38.5 Å². The highest BCUT2D eigenvalue weighted by Crippen LogP contribution is 2.28. The summed E-state index contributed by atoms with van der Waals surface area (Å²) in [6.07, 6.45) is 10.3. The first-order valence-electron chi connectivity index (χ1n) is 7.74. The lowest BCUT2D eigenvalue weighted by atomic mass is 9.84. The molecule has 2 aliphatic carbocycles. The van der Waals surface area contributed by atoms with Crippen LogP contribution in [0.1, 0.15) is 64.7 Å². The molecule has 104 valence electrons. The quantitative estimate of drug-likeness (QED) is 0.808. The van der Waals surface area contributed by atoms with Crippen molar-refractivity contribution in [2.45, 2.75) is 76.8 Å². The normalized spacial score (nSPS) is 36.6. The van der Waals surface area contributed by atoms with Gasteiger partial charge >= 0.3 is 0 Å². The first-order valence-corrected chi connectivity index (χ1v) is 7.74. The minimum atomic E-state index is 0.235. The van der Waals surface area contributed by atoms with Crippen LogP contribution in [0, 0.1) is 11.8 Å². The summed E-state index contributed by atoms with van der Waals surface area (Å²) in [4.78, 5) is 12.0. The molecule has 4 atom stereocenters. The average Bonchev–Trinajstić information content (AvgIpc) is 2.75. The third kappa shape index (κ3) is 3.71. The Morgan fingerprint density at radius 2 is 2.00 bits per heavy atom. The molecule has 18 heavy (non-hydrogen) atoms. The molecule has 0 heterocycles. The van der Waals surface area contributed by atoms with Gasteiger partial charge in [0.25, 0.3) is 0 Å². The lowest BCUT2D eigenvalue weighted by molar-refractivity contribution is -0.123.